The summed E-state index contributed by atoms with van der Waals surface area (Å²) < 4.78 is 30.3. The topological polar surface area (TPSA) is 83.5 Å². The quantitative estimate of drug-likeness (QED) is 0.525. The van der Waals surface area contributed by atoms with E-state index in [0.29, 0.717) is 12.8 Å². The van der Waals surface area contributed by atoms with Gasteiger partial charge >= 0.3 is 0 Å². The summed E-state index contributed by atoms with van der Waals surface area (Å²) in [6, 6.07) is 0. The molecule has 0 aromatic rings. The zero-order valence-corrected chi connectivity index (χ0v) is 9.80. The Morgan fingerprint density at radius 1 is 1.60 bits per heavy atom. The Morgan fingerprint density at radius 3 is 2.47 bits per heavy atom. The highest BCUT2D eigenvalue weighted by Gasteiger charge is 2.30. The van der Waals surface area contributed by atoms with Crippen molar-refractivity contribution in [1.29, 1.82) is 0 Å². The van der Waals surface area contributed by atoms with Gasteiger partial charge in [-0.15, -0.1) is 0 Å². The molecule has 88 valence electrons. The average Bonchev–Trinajstić information content (AvgIpc) is 2.00. The maximum atomic E-state index is 11.1. The molecule has 0 aliphatic carbocycles. The molecule has 0 radical (unpaired) electrons. The van der Waals surface area contributed by atoms with Crippen LogP contribution in [0.1, 0.15) is 26.7 Å². The Morgan fingerprint density at radius 2 is 2.13 bits per heavy atom. The van der Waals surface area contributed by atoms with Gasteiger partial charge in [-0.25, -0.2) is 0 Å². The molecule has 0 spiro atoms. The molecule has 0 bridgehead atoms. The summed E-state index contributed by atoms with van der Waals surface area (Å²) in [5.41, 5.74) is -0.951. The van der Waals surface area contributed by atoms with Crippen LogP contribution in [0.2, 0.25) is 0 Å². The summed E-state index contributed by atoms with van der Waals surface area (Å²) in [7, 11) is -4.11. The van der Waals surface area contributed by atoms with Crippen LogP contribution in [0, 0.1) is 0 Å². The van der Waals surface area contributed by atoms with Crippen molar-refractivity contribution in [1.82, 2.24) is 5.32 Å². The molecule has 0 fully saturated rings. The van der Waals surface area contributed by atoms with Gasteiger partial charge in [-0.2, -0.15) is 8.42 Å². The lowest BCUT2D eigenvalue weighted by Gasteiger charge is -2.28. The SMILES string of the molecule is C=CC(=O)NC(C)(CCC)CS(=O)(=O)O. The van der Waals surface area contributed by atoms with Gasteiger partial charge in [0, 0.05) is 0 Å². The zero-order valence-electron chi connectivity index (χ0n) is 8.99. The molecule has 1 atom stereocenters. The van der Waals surface area contributed by atoms with Crippen molar-refractivity contribution in [3.63, 3.8) is 0 Å². The van der Waals surface area contributed by atoms with Crippen LogP contribution in [0.4, 0.5) is 0 Å². The molecule has 1 amide bonds. The van der Waals surface area contributed by atoms with E-state index < -0.39 is 27.3 Å². The van der Waals surface area contributed by atoms with Crippen molar-refractivity contribution < 1.29 is 17.8 Å². The van der Waals surface area contributed by atoms with Gasteiger partial charge in [-0.1, -0.05) is 19.9 Å². The van der Waals surface area contributed by atoms with E-state index in [1.807, 2.05) is 6.92 Å². The molecule has 6 heteroatoms. The molecule has 0 aromatic heterocycles. The minimum atomic E-state index is -4.11. The predicted octanol–water partition coefficient (Wildman–Crippen LogP) is 0.735. The fourth-order valence-electron chi connectivity index (χ4n) is 1.47. The van der Waals surface area contributed by atoms with Gasteiger partial charge in [0.1, 0.15) is 0 Å². The van der Waals surface area contributed by atoms with Crippen LogP contribution in [0.5, 0.6) is 0 Å². The minimum Gasteiger partial charge on any atom is -0.346 e. The summed E-state index contributed by atoms with van der Waals surface area (Å²) in [5.74, 6) is -0.942. The van der Waals surface area contributed by atoms with Crippen LogP contribution in [0.25, 0.3) is 0 Å². The van der Waals surface area contributed by atoms with Crippen LogP contribution >= 0.6 is 0 Å². The molecule has 0 heterocycles. The van der Waals surface area contributed by atoms with E-state index >= 15 is 0 Å². The number of carbonyl (C=O) groups excluding carboxylic acids is 1. The molecule has 1 unspecified atom stereocenters. The van der Waals surface area contributed by atoms with Gasteiger partial charge in [0.15, 0.2) is 0 Å². The molecule has 0 aromatic carbocycles. The molecule has 0 aliphatic rings. The van der Waals surface area contributed by atoms with Crippen molar-refractivity contribution in [3.8, 4) is 0 Å². The molecule has 0 saturated heterocycles. The normalized spacial score (nSPS) is 15.4. The maximum absolute atomic E-state index is 11.1. The number of carbonyl (C=O) groups is 1. The van der Waals surface area contributed by atoms with Crippen molar-refractivity contribution in [2.24, 2.45) is 0 Å². The molecule has 5 nitrogen and oxygen atoms in total. The lowest BCUT2D eigenvalue weighted by molar-refractivity contribution is -0.118. The Labute approximate surface area is 90.3 Å². The van der Waals surface area contributed by atoms with Crippen molar-refractivity contribution in [2.75, 3.05) is 5.75 Å². The van der Waals surface area contributed by atoms with Crippen LogP contribution in [-0.2, 0) is 14.9 Å². The van der Waals surface area contributed by atoms with Gasteiger partial charge < -0.3 is 5.32 Å². The van der Waals surface area contributed by atoms with Crippen LogP contribution in [-0.4, -0.2) is 30.2 Å². The minimum absolute atomic E-state index is 0.449. The zero-order chi connectivity index (χ0) is 12.1. The van der Waals surface area contributed by atoms with Crippen molar-refractivity contribution in [3.05, 3.63) is 12.7 Å². The Kier molecular flexibility index (Phi) is 4.96. The molecule has 0 aliphatic heterocycles. The molecular weight excluding hydrogens is 218 g/mol. The van der Waals surface area contributed by atoms with E-state index in [1.54, 1.807) is 6.92 Å². The van der Waals surface area contributed by atoms with Gasteiger partial charge in [0.25, 0.3) is 10.1 Å². The molecular formula is C9H17NO4S. The largest absolute Gasteiger partial charge is 0.346 e. The van der Waals surface area contributed by atoms with Crippen LogP contribution in [0.15, 0.2) is 12.7 Å². The molecule has 0 saturated carbocycles. The van der Waals surface area contributed by atoms with E-state index in [9.17, 15) is 13.2 Å². The average molecular weight is 235 g/mol. The highest BCUT2D eigenvalue weighted by atomic mass is 32.2. The van der Waals surface area contributed by atoms with E-state index in [1.165, 1.54) is 0 Å². The van der Waals surface area contributed by atoms with E-state index in [2.05, 4.69) is 11.9 Å². The molecule has 0 rings (SSSR count). The highest BCUT2D eigenvalue weighted by molar-refractivity contribution is 7.85. The first-order valence-corrected chi connectivity index (χ1v) is 6.23. The number of amides is 1. The summed E-state index contributed by atoms with van der Waals surface area (Å²) in [4.78, 5) is 11.1. The number of hydrogen-bond donors (Lipinski definition) is 2. The fourth-order valence-corrected chi connectivity index (χ4v) is 2.50. The van der Waals surface area contributed by atoms with Gasteiger partial charge in [-0.05, 0) is 19.4 Å². The third-order valence-electron chi connectivity index (χ3n) is 1.91. The first-order chi connectivity index (χ1) is 6.72. The van der Waals surface area contributed by atoms with Crippen molar-refractivity contribution >= 4 is 16.0 Å². The number of hydrogen-bond acceptors (Lipinski definition) is 3. The lowest BCUT2D eigenvalue weighted by atomic mass is 9.98. The number of rotatable bonds is 6. The Balaban J connectivity index is 4.73. The number of nitrogens with one attached hydrogen (secondary N) is 1. The van der Waals surface area contributed by atoms with Crippen LogP contribution < -0.4 is 5.32 Å². The van der Waals surface area contributed by atoms with E-state index in [-0.39, 0.29) is 0 Å². The first-order valence-electron chi connectivity index (χ1n) is 4.62. The first kappa shape index (κ1) is 14.1. The molecule has 2 N–H and O–H groups in total. The summed E-state index contributed by atoms with van der Waals surface area (Å²) >= 11 is 0. The van der Waals surface area contributed by atoms with E-state index in [0.717, 1.165) is 6.08 Å². The third-order valence-corrected chi connectivity index (χ3v) is 2.92. The summed E-state index contributed by atoms with van der Waals surface area (Å²) in [6.07, 6.45) is 2.23. The fraction of sp³-hybridized carbons (Fsp3) is 0.667. The Bertz CT molecular complexity index is 336. The highest BCUT2D eigenvalue weighted by Crippen LogP contribution is 2.14. The molecule has 15 heavy (non-hydrogen) atoms. The standard InChI is InChI=1S/C9H17NO4S/c1-4-6-9(3,7-15(12,13)14)10-8(11)5-2/h5H,2,4,6-7H2,1,3H3,(H,10,11)(H,12,13,14). The third kappa shape index (κ3) is 6.24. The summed E-state index contributed by atoms with van der Waals surface area (Å²) in [6.45, 7) is 6.72. The monoisotopic (exact) mass is 235 g/mol. The lowest BCUT2D eigenvalue weighted by Crippen LogP contribution is -2.50. The second kappa shape index (κ2) is 5.27. The second-order valence-corrected chi connectivity index (χ2v) is 5.18. The van der Waals surface area contributed by atoms with Gasteiger partial charge in [0.2, 0.25) is 5.91 Å². The van der Waals surface area contributed by atoms with Gasteiger partial charge in [0.05, 0.1) is 11.3 Å². The van der Waals surface area contributed by atoms with E-state index in [4.69, 9.17) is 4.55 Å². The van der Waals surface area contributed by atoms with Crippen molar-refractivity contribution in [2.45, 2.75) is 32.2 Å². The smallest absolute Gasteiger partial charge is 0.267 e. The van der Waals surface area contributed by atoms with Crippen LogP contribution in [0.3, 0.4) is 0 Å². The Hall–Kier alpha value is -0.880. The maximum Gasteiger partial charge on any atom is 0.267 e. The van der Waals surface area contributed by atoms with Gasteiger partial charge in [-0.3, -0.25) is 9.35 Å². The summed E-state index contributed by atoms with van der Waals surface area (Å²) in [5, 5.41) is 2.50. The predicted molar refractivity (Wildman–Crippen MR) is 58.1 cm³/mol. The second-order valence-electron chi connectivity index (χ2n) is 3.73.